The van der Waals surface area contributed by atoms with E-state index in [0.29, 0.717) is 28.6 Å². The Hall–Kier alpha value is -2.09. The summed E-state index contributed by atoms with van der Waals surface area (Å²) in [6.45, 7) is 0.0808. The molecule has 2 aromatic rings. The zero-order chi connectivity index (χ0) is 19.4. The first-order chi connectivity index (χ1) is 12.8. The van der Waals surface area contributed by atoms with Crippen molar-refractivity contribution in [2.75, 3.05) is 30.4 Å². The fourth-order valence-electron chi connectivity index (χ4n) is 2.97. The number of sulfone groups is 1. The molecule has 27 heavy (non-hydrogen) atoms. The lowest BCUT2D eigenvalue weighted by atomic mass is 10.2. The highest BCUT2D eigenvalue weighted by atomic mass is 35.5. The molecule has 1 N–H and O–H groups in total. The van der Waals surface area contributed by atoms with Gasteiger partial charge < -0.3 is 10.1 Å². The zero-order valence-corrected chi connectivity index (χ0v) is 16.5. The van der Waals surface area contributed by atoms with Gasteiger partial charge in [-0.15, -0.1) is 0 Å². The summed E-state index contributed by atoms with van der Waals surface area (Å²) in [5, 5.41) is 3.28. The van der Waals surface area contributed by atoms with E-state index in [9.17, 15) is 13.2 Å². The SMILES string of the molecule is CN(CC(=O)Nc1cc(Cl)ccc1Oc1ccccc1)[C@@H]1CCS(=O)(=O)C1. The molecule has 3 rings (SSSR count). The Morgan fingerprint density at radius 1 is 1.26 bits per heavy atom. The summed E-state index contributed by atoms with van der Waals surface area (Å²) >= 11 is 6.06. The van der Waals surface area contributed by atoms with E-state index in [1.165, 1.54) is 0 Å². The summed E-state index contributed by atoms with van der Waals surface area (Å²) in [6, 6.07) is 14.1. The van der Waals surface area contributed by atoms with Gasteiger partial charge in [0, 0.05) is 11.1 Å². The Bertz CT molecular complexity index is 919. The topological polar surface area (TPSA) is 75.7 Å². The Morgan fingerprint density at radius 3 is 2.67 bits per heavy atom. The van der Waals surface area contributed by atoms with Gasteiger partial charge in [-0.1, -0.05) is 29.8 Å². The van der Waals surface area contributed by atoms with E-state index in [4.69, 9.17) is 16.3 Å². The van der Waals surface area contributed by atoms with Gasteiger partial charge in [0.2, 0.25) is 5.91 Å². The summed E-state index contributed by atoms with van der Waals surface area (Å²) in [4.78, 5) is 14.2. The third-order valence-electron chi connectivity index (χ3n) is 4.41. The summed E-state index contributed by atoms with van der Waals surface area (Å²) < 4.78 is 29.1. The second kappa shape index (κ2) is 8.29. The Balaban J connectivity index is 1.67. The minimum absolute atomic E-state index is 0.0808. The van der Waals surface area contributed by atoms with Gasteiger partial charge >= 0.3 is 0 Å². The van der Waals surface area contributed by atoms with Crippen molar-refractivity contribution in [2.24, 2.45) is 0 Å². The first kappa shape index (κ1) is 19.7. The molecule has 0 unspecified atom stereocenters. The molecule has 1 fully saturated rings. The van der Waals surface area contributed by atoms with Crippen molar-refractivity contribution in [2.45, 2.75) is 12.5 Å². The Morgan fingerprint density at radius 2 is 2.00 bits per heavy atom. The molecule has 2 aromatic carbocycles. The lowest BCUT2D eigenvalue weighted by Crippen LogP contribution is -2.38. The number of carbonyl (C=O) groups is 1. The molecule has 1 amide bonds. The van der Waals surface area contributed by atoms with Crippen LogP contribution in [0.25, 0.3) is 0 Å². The minimum Gasteiger partial charge on any atom is -0.455 e. The van der Waals surface area contributed by atoms with Gasteiger partial charge in [-0.2, -0.15) is 0 Å². The van der Waals surface area contributed by atoms with E-state index in [1.54, 1.807) is 30.1 Å². The summed E-state index contributed by atoms with van der Waals surface area (Å²) in [5.74, 6) is 1.12. The molecule has 0 radical (unpaired) electrons. The predicted molar refractivity (Wildman–Crippen MR) is 106 cm³/mol. The van der Waals surface area contributed by atoms with Gasteiger partial charge in [0.1, 0.15) is 5.75 Å². The van der Waals surface area contributed by atoms with Gasteiger partial charge in [0.25, 0.3) is 0 Å². The van der Waals surface area contributed by atoms with Crippen molar-refractivity contribution in [1.29, 1.82) is 0 Å². The molecule has 0 aliphatic carbocycles. The molecular formula is C19H21ClN2O4S. The molecule has 0 aromatic heterocycles. The molecule has 0 bridgehead atoms. The van der Waals surface area contributed by atoms with Gasteiger partial charge in [-0.25, -0.2) is 8.42 Å². The van der Waals surface area contributed by atoms with Crippen molar-refractivity contribution in [3.8, 4) is 11.5 Å². The lowest BCUT2D eigenvalue weighted by molar-refractivity contribution is -0.117. The molecular weight excluding hydrogens is 388 g/mol. The molecule has 8 heteroatoms. The van der Waals surface area contributed by atoms with E-state index in [2.05, 4.69) is 5.32 Å². The van der Waals surface area contributed by atoms with Crippen LogP contribution >= 0.6 is 11.6 Å². The summed E-state index contributed by atoms with van der Waals surface area (Å²) in [7, 11) is -1.24. The molecule has 1 heterocycles. The van der Waals surface area contributed by atoms with E-state index in [1.807, 2.05) is 30.3 Å². The van der Waals surface area contributed by atoms with E-state index < -0.39 is 9.84 Å². The number of ether oxygens (including phenoxy) is 1. The third kappa shape index (κ3) is 5.45. The van der Waals surface area contributed by atoms with Crippen LogP contribution in [0.2, 0.25) is 5.02 Å². The van der Waals surface area contributed by atoms with Gasteiger partial charge in [0.15, 0.2) is 15.6 Å². The van der Waals surface area contributed by atoms with Gasteiger partial charge in [0.05, 0.1) is 23.7 Å². The highest BCUT2D eigenvalue weighted by Gasteiger charge is 2.31. The highest BCUT2D eigenvalue weighted by molar-refractivity contribution is 7.91. The number of hydrogen-bond donors (Lipinski definition) is 1. The number of carbonyl (C=O) groups excluding carboxylic acids is 1. The maximum Gasteiger partial charge on any atom is 0.238 e. The normalized spacial score (nSPS) is 18.4. The number of amides is 1. The average Bonchev–Trinajstić information content (AvgIpc) is 2.98. The molecule has 6 nitrogen and oxygen atoms in total. The van der Waals surface area contributed by atoms with Crippen LogP contribution < -0.4 is 10.1 Å². The van der Waals surface area contributed by atoms with Crippen molar-refractivity contribution in [1.82, 2.24) is 4.90 Å². The smallest absolute Gasteiger partial charge is 0.238 e. The Labute approximate surface area is 164 Å². The van der Waals surface area contributed by atoms with Gasteiger partial charge in [-0.05, 0) is 43.8 Å². The molecule has 1 atom stereocenters. The summed E-state index contributed by atoms with van der Waals surface area (Å²) in [6.07, 6.45) is 0.547. The van der Waals surface area contributed by atoms with Crippen LogP contribution in [0.15, 0.2) is 48.5 Å². The van der Waals surface area contributed by atoms with E-state index >= 15 is 0 Å². The van der Waals surface area contributed by atoms with Crippen LogP contribution in [0.5, 0.6) is 11.5 Å². The van der Waals surface area contributed by atoms with Crippen molar-refractivity contribution >= 4 is 33.0 Å². The van der Waals surface area contributed by atoms with Crippen molar-refractivity contribution < 1.29 is 17.9 Å². The number of nitrogens with one attached hydrogen (secondary N) is 1. The van der Waals surface area contributed by atoms with Crippen LogP contribution in [0, 0.1) is 0 Å². The predicted octanol–water partition coefficient (Wildman–Crippen LogP) is 3.19. The summed E-state index contributed by atoms with van der Waals surface area (Å²) in [5.41, 5.74) is 0.462. The van der Waals surface area contributed by atoms with Crippen LogP contribution in [0.4, 0.5) is 5.69 Å². The van der Waals surface area contributed by atoms with Crippen LogP contribution in [0.1, 0.15) is 6.42 Å². The lowest BCUT2D eigenvalue weighted by Gasteiger charge is -2.22. The molecule has 1 aliphatic rings. The van der Waals surface area contributed by atoms with Crippen LogP contribution in [-0.4, -0.2) is 50.4 Å². The Kier molecular flexibility index (Phi) is 6.04. The highest BCUT2D eigenvalue weighted by Crippen LogP contribution is 2.32. The van der Waals surface area contributed by atoms with Crippen LogP contribution in [0.3, 0.4) is 0 Å². The molecule has 0 saturated carbocycles. The van der Waals surface area contributed by atoms with E-state index in [0.717, 1.165) is 0 Å². The minimum atomic E-state index is -2.99. The monoisotopic (exact) mass is 408 g/mol. The molecule has 0 spiro atoms. The number of rotatable bonds is 6. The van der Waals surface area contributed by atoms with Gasteiger partial charge in [-0.3, -0.25) is 9.69 Å². The maximum absolute atomic E-state index is 12.5. The molecule has 1 saturated heterocycles. The van der Waals surface area contributed by atoms with Crippen molar-refractivity contribution in [3.05, 3.63) is 53.6 Å². The first-order valence-corrected chi connectivity index (χ1v) is 10.8. The quantitative estimate of drug-likeness (QED) is 0.794. The molecule has 144 valence electrons. The number of nitrogens with zero attached hydrogens (tertiary/aromatic N) is 1. The number of halogens is 1. The van der Waals surface area contributed by atoms with Crippen LogP contribution in [-0.2, 0) is 14.6 Å². The number of para-hydroxylation sites is 1. The second-order valence-electron chi connectivity index (χ2n) is 6.58. The van der Waals surface area contributed by atoms with E-state index in [-0.39, 0.29) is 30.0 Å². The fourth-order valence-corrected chi connectivity index (χ4v) is 4.95. The molecule has 1 aliphatic heterocycles. The second-order valence-corrected chi connectivity index (χ2v) is 9.24. The number of likely N-dealkylation sites (N-methyl/N-ethyl adjacent to an activating group) is 1. The number of hydrogen-bond acceptors (Lipinski definition) is 5. The zero-order valence-electron chi connectivity index (χ0n) is 14.9. The third-order valence-corrected chi connectivity index (χ3v) is 6.40. The number of anilines is 1. The fraction of sp³-hybridized carbons (Fsp3) is 0.316. The standard InChI is InChI=1S/C19H21ClN2O4S/c1-22(15-9-10-27(24,25)13-15)12-19(23)21-17-11-14(20)7-8-18(17)26-16-5-3-2-4-6-16/h2-8,11,15H,9-10,12-13H2,1H3,(H,21,23)/t15-/m1/s1. The first-order valence-electron chi connectivity index (χ1n) is 8.55. The largest absolute Gasteiger partial charge is 0.455 e. The number of benzene rings is 2. The van der Waals surface area contributed by atoms with Crippen molar-refractivity contribution in [3.63, 3.8) is 0 Å². The average molecular weight is 409 g/mol. The maximum atomic E-state index is 12.5.